The van der Waals surface area contributed by atoms with Crippen molar-refractivity contribution in [2.75, 3.05) is 0 Å². The lowest BCUT2D eigenvalue weighted by Gasteiger charge is -2.02. The van der Waals surface area contributed by atoms with Crippen molar-refractivity contribution in [2.45, 2.75) is 13.8 Å². The van der Waals surface area contributed by atoms with Gasteiger partial charge in [0.1, 0.15) is 5.69 Å². The van der Waals surface area contributed by atoms with Crippen LogP contribution in [-0.4, -0.2) is 10.8 Å². The van der Waals surface area contributed by atoms with Crippen LogP contribution in [0.25, 0.3) is 11.0 Å². The number of furan rings is 1. The number of hydrogen-bond donors (Lipinski definition) is 0. The smallest absolute Gasteiger partial charge is 0.246 e. The molecule has 4 heteroatoms. The standard InChI is InChI=1S/C16H12FNO2/c1-9-6-10(2)14(18-8-9)15(19)13-7-11-4-3-5-12(17)16(11)20-13/h3-8H,1-2H3. The lowest BCUT2D eigenvalue weighted by atomic mass is 10.1. The van der Waals surface area contributed by atoms with Crippen LogP contribution in [0.3, 0.4) is 0 Å². The van der Waals surface area contributed by atoms with Crippen molar-refractivity contribution < 1.29 is 13.6 Å². The second-order valence-corrected chi connectivity index (χ2v) is 4.78. The molecule has 0 saturated heterocycles. The first-order chi connectivity index (χ1) is 9.56. The highest BCUT2D eigenvalue weighted by atomic mass is 19.1. The zero-order valence-corrected chi connectivity index (χ0v) is 11.1. The van der Waals surface area contributed by atoms with Crippen LogP contribution in [0, 0.1) is 19.7 Å². The third-order valence-electron chi connectivity index (χ3n) is 3.15. The van der Waals surface area contributed by atoms with Crippen LogP contribution < -0.4 is 0 Å². The molecular formula is C16H12FNO2. The third-order valence-corrected chi connectivity index (χ3v) is 3.15. The summed E-state index contributed by atoms with van der Waals surface area (Å²) in [6, 6.07) is 8.01. The van der Waals surface area contributed by atoms with E-state index in [1.54, 1.807) is 24.4 Å². The Balaban J connectivity index is 2.10. The average Bonchev–Trinajstić information content (AvgIpc) is 2.83. The number of carbonyl (C=O) groups excluding carboxylic acids is 1. The molecule has 0 atom stereocenters. The van der Waals surface area contributed by atoms with Gasteiger partial charge in [-0.25, -0.2) is 4.39 Å². The quantitative estimate of drug-likeness (QED) is 0.664. The highest BCUT2D eigenvalue weighted by molar-refractivity contribution is 6.08. The molecule has 0 amide bonds. The summed E-state index contributed by atoms with van der Waals surface area (Å²) in [5, 5.41) is 0.568. The summed E-state index contributed by atoms with van der Waals surface area (Å²) in [7, 11) is 0. The highest BCUT2D eigenvalue weighted by Gasteiger charge is 2.19. The molecule has 0 aliphatic rings. The van der Waals surface area contributed by atoms with Gasteiger partial charge in [0, 0.05) is 11.6 Å². The number of carbonyl (C=O) groups is 1. The van der Waals surface area contributed by atoms with Gasteiger partial charge in [-0.1, -0.05) is 18.2 Å². The number of hydrogen-bond acceptors (Lipinski definition) is 3. The van der Waals surface area contributed by atoms with Gasteiger partial charge in [0.25, 0.3) is 0 Å². The number of aryl methyl sites for hydroxylation is 2. The molecule has 100 valence electrons. The fraction of sp³-hybridized carbons (Fsp3) is 0.125. The highest BCUT2D eigenvalue weighted by Crippen LogP contribution is 2.24. The van der Waals surface area contributed by atoms with Crippen LogP contribution in [0.2, 0.25) is 0 Å². The molecule has 0 N–H and O–H groups in total. The predicted octanol–water partition coefficient (Wildman–Crippen LogP) is 3.81. The summed E-state index contributed by atoms with van der Waals surface area (Å²) in [5.41, 5.74) is 2.18. The number of aromatic nitrogens is 1. The van der Waals surface area contributed by atoms with E-state index in [-0.39, 0.29) is 17.1 Å². The lowest BCUT2D eigenvalue weighted by molar-refractivity contribution is 0.101. The first kappa shape index (κ1) is 12.5. The SMILES string of the molecule is Cc1cnc(C(=O)c2cc3cccc(F)c3o2)c(C)c1. The number of pyridine rings is 1. The van der Waals surface area contributed by atoms with E-state index >= 15 is 0 Å². The van der Waals surface area contributed by atoms with Crippen LogP contribution in [-0.2, 0) is 0 Å². The first-order valence-electron chi connectivity index (χ1n) is 6.22. The van der Waals surface area contributed by atoms with Gasteiger partial charge >= 0.3 is 0 Å². The van der Waals surface area contributed by atoms with Gasteiger partial charge in [-0.3, -0.25) is 9.78 Å². The Bertz CT molecular complexity index is 820. The molecule has 0 radical (unpaired) electrons. The monoisotopic (exact) mass is 269 g/mol. The number of para-hydroxylation sites is 1. The molecule has 0 aliphatic heterocycles. The van der Waals surface area contributed by atoms with Crippen molar-refractivity contribution in [2.24, 2.45) is 0 Å². The maximum absolute atomic E-state index is 13.6. The van der Waals surface area contributed by atoms with Crippen molar-refractivity contribution in [3.8, 4) is 0 Å². The maximum Gasteiger partial charge on any atom is 0.246 e. The molecule has 0 bridgehead atoms. The number of fused-ring (bicyclic) bond motifs is 1. The molecule has 0 fully saturated rings. The van der Waals surface area contributed by atoms with Crippen molar-refractivity contribution in [1.82, 2.24) is 4.98 Å². The van der Waals surface area contributed by atoms with Crippen molar-refractivity contribution in [3.05, 3.63) is 64.9 Å². The van der Waals surface area contributed by atoms with Crippen molar-refractivity contribution in [1.29, 1.82) is 0 Å². The second kappa shape index (κ2) is 4.56. The van der Waals surface area contributed by atoms with Gasteiger partial charge < -0.3 is 4.42 Å². The zero-order valence-electron chi connectivity index (χ0n) is 11.1. The van der Waals surface area contributed by atoms with E-state index in [0.717, 1.165) is 11.1 Å². The van der Waals surface area contributed by atoms with Crippen molar-refractivity contribution >= 4 is 16.8 Å². The molecule has 2 aromatic heterocycles. The number of halogens is 1. The van der Waals surface area contributed by atoms with E-state index in [0.29, 0.717) is 11.1 Å². The van der Waals surface area contributed by atoms with E-state index in [1.807, 2.05) is 19.9 Å². The van der Waals surface area contributed by atoms with Crippen LogP contribution in [0.1, 0.15) is 27.4 Å². The van der Waals surface area contributed by atoms with E-state index in [9.17, 15) is 9.18 Å². The molecular weight excluding hydrogens is 257 g/mol. The maximum atomic E-state index is 13.6. The second-order valence-electron chi connectivity index (χ2n) is 4.78. The average molecular weight is 269 g/mol. The fourth-order valence-corrected chi connectivity index (χ4v) is 2.21. The van der Waals surface area contributed by atoms with Gasteiger partial charge in [-0.05, 0) is 37.1 Å². The molecule has 2 heterocycles. The van der Waals surface area contributed by atoms with Gasteiger partial charge in [0.15, 0.2) is 17.2 Å². The summed E-state index contributed by atoms with van der Waals surface area (Å²) in [6.07, 6.45) is 1.63. The molecule has 20 heavy (non-hydrogen) atoms. The number of benzene rings is 1. The minimum Gasteiger partial charge on any atom is -0.449 e. The van der Waals surface area contributed by atoms with Gasteiger partial charge in [-0.2, -0.15) is 0 Å². The Morgan fingerprint density at radius 3 is 2.75 bits per heavy atom. The largest absolute Gasteiger partial charge is 0.449 e. The minimum absolute atomic E-state index is 0.0978. The summed E-state index contributed by atoms with van der Waals surface area (Å²) in [5.74, 6) is -0.710. The topological polar surface area (TPSA) is 43.1 Å². The Morgan fingerprint density at radius 2 is 2.05 bits per heavy atom. The van der Waals surface area contributed by atoms with Crippen LogP contribution >= 0.6 is 0 Å². The van der Waals surface area contributed by atoms with Gasteiger partial charge in [0.05, 0.1) is 0 Å². The van der Waals surface area contributed by atoms with Crippen LogP contribution in [0.5, 0.6) is 0 Å². The van der Waals surface area contributed by atoms with Crippen molar-refractivity contribution in [3.63, 3.8) is 0 Å². The normalized spacial score (nSPS) is 10.9. The van der Waals surface area contributed by atoms with Crippen LogP contribution in [0.4, 0.5) is 4.39 Å². The molecule has 0 unspecified atom stereocenters. The van der Waals surface area contributed by atoms with Crippen LogP contribution in [0.15, 0.2) is 40.9 Å². The Kier molecular flexibility index (Phi) is 2.86. The summed E-state index contributed by atoms with van der Waals surface area (Å²) < 4.78 is 18.9. The minimum atomic E-state index is -0.477. The predicted molar refractivity (Wildman–Crippen MR) is 73.3 cm³/mol. The molecule has 1 aromatic carbocycles. The van der Waals surface area contributed by atoms with E-state index in [2.05, 4.69) is 4.98 Å². The Hall–Kier alpha value is -2.49. The molecule has 3 rings (SSSR count). The molecule has 0 spiro atoms. The molecule has 0 aliphatic carbocycles. The summed E-state index contributed by atoms with van der Waals surface area (Å²) >= 11 is 0. The molecule has 3 aromatic rings. The fourth-order valence-electron chi connectivity index (χ4n) is 2.21. The zero-order chi connectivity index (χ0) is 14.3. The molecule has 0 saturated carbocycles. The number of ketones is 1. The van der Waals surface area contributed by atoms with E-state index in [4.69, 9.17) is 4.42 Å². The lowest BCUT2D eigenvalue weighted by Crippen LogP contribution is -2.05. The number of rotatable bonds is 2. The van der Waals surface area contributed by atoms with E-state index < -0.39 is 5.82 Å². The first-order valence-corrected chi connectivity index (χ1v) is 6.22. The third kappa shape index (κ3) is 1.99. The Morgan fingerprint density at radius 1 is 1.25 bits per heavy atom. The summed E-state index contributed by atoms with van der Waals surface area (Å²) in [4.78, 5) is 16.5. The van der Waals surface area contributed by atoms with E-state index in [1.165, 1.54) is 6.07 Å². The number of nitrogens with zero attached hydrogens (tertiary/aromatic N) is 1. The Labute approximate surface area is 115 Å². The van der Waals surface area contributed by atoms with Gasteiger partial charge in [-0.15, -0.1) is 0 Å². The molecule has 3 nitrogen and oxygen atoms in total. The van der Waals surface area contributed by atoms with Gasteiger partial charge in [0.2, 0.25) is 5.78 Å². The summed E-state index contributed by atoms with van der Waals surface area (Å²) in [6.45, 7) is 3.72.